The molecular weight excluding hydrogens is 362 g/mol. The van der Waals surface area contributed by atoms with Gasteiger partial charge in [0, 0.05) is 30.6 Å². The number of nitrogens with one attached hydrogen (secondary N) is 1. The van der Waals surface area contributed by atoms with E-state index in [-0.39, 0.29) is 36.9 Å². The van der Waals surface area contributed by atoms with Crippen LogP contribution in [0.5, 0.6) is 5.75 Å². The van der Waals surface area contributed by atoms with Crippen molar-refractivity contribution < 1.29 is 14.3 Å². The fraction of sp³-hybridized carbons (Fsp3) is 0.211. The number of Topliss-reactive ketones (excluding diaryl/α,β-unsaturated/α-hetero) is 1. The number of nitrogens with zero attached hydrogens (tertiary/aromatic N) is 4. The fourth-order valence-corrected chi connectivity index (χ4v) is 2.41. The van der Waals surface area contributed by atoms with Crippen molar-refractivity contribution in [3.63, 3.8) is 0 Å². The maximum absolute atomic E-state index is 11.9. The van der Waals surface area contributed by atoms with E-state index >= 15 is 0 Å². The molecule has 1 aromatic carbocycles. The summed E-state index contributed by atoms with van der Waals surface area (Å²) in [7, 11) is 0. The number of hydrogen-bond acceptors (Lipinski definition) is 6. The van der Waals surface area contributed by atoms with E-state index < -0.39 is 0 Å². The first-order chi connectivity index (χ1) is 13.5. The van der Waals surface area contributed by atoms with Crippen molar-refractivity contribution in [2.45, 2.75) is 13.5 Å². The predicted octanol–water partition coefficient (Wildman–Crippen LogP) is 0.827. The third-order valence-corrected chi connectivity index (χ3v) is 3.87. The Morgan fingerprint density at radius 1 is 1.14 bits per heavy atom. The van der Waals surface area contributed by atoms with Gasteiger partial charge < -0.3 is 10.1 Å². The van der Waals surface area contributed by atoms with Crippen LogP contribution in [0.1, 0.15) is 17.3 Å². The number of ether oxygens (including phenoxy) is 1. The van der Waals surface area contributed by atoms with Crippen LogP contribution >= 0.6 is 0 Å². The Hall–Kier alpha value is -3.75. The van der Waals surface area contributed by atoms with Crippen LogP contribution < -0.4 is 15.6 Å². The predicted molar refractivity (Wildman–Crippen MR) is 101 cm³/mol. The van der Waals surface area contributed by atoms with Gasteiger partial charge in [0.1, 0.15) is 5.75 Å². The first-order valence-electron chi connectivity index (χ1n) is 8.61. The summed E-state index contributed by atoms with van der Waals surface area (Å²) in [5.41, 5.74) is 0.305. The van der Waals surface area contributed by atoms with Gasteiger partial charge in [-0.25, -0.2) is 9.36 Å². The summed E-state index contributed by atoms with van der Waals surface area (Å²) in [6.45, 7) is 1.75. The van der Waals surface area contributed by atoms with Crippen LogP contribution in [0.4, 0.5) is 0 Å². The Labute approximate surface area is 160 Å². The first kappa shape index (κ1) is 19.0. The van der Waals surface area contributed by atoms with E-state index in [4.69, 9.17) is 4.74 Å². The molecule has 0 unspecified atom stereocenters. The molecule has 2 heterocycles. The summed E-state index contributed by atoms with van der Waals surface area (Å²) in [6.07, 6.45) is 3.34. The van der Waals surface area contributed by atoms with Crippen LogP contribution in [0.15, 0.2) is 59.7 Å². The summed E-state index contributed by atoms with van der Waals surface area (Å²) in [5, 5.41) is 11.0. The molecule has 0 aliphatic carbocycles. The molecule has 1 N–H and O–H groups in total. The average Bonchev–Trinajstić information content (AvgIpc) is 3.23. The smallest absolute Gasteiger partial charge is 0.266 e. The molecule has 0 radical (unpaired) electrons. The van der Waals surface area contributed by atoms with Crippen LogP contribution in [-0.4, -0.2) is 44.4 Å². The highest BCUT2D eigenvalue weighted by Crippen LogP contribution is 2.12. The number of hydrogen-bond donors (Lipinski definition) is 1. The second kappa shape index (κ2) is 8.76. The number of amides is 1. The highest BCUT2D eigenvalue weighted by Gasteiger charge is 2.06. The van der Waals surface area contributed by atoms with Crippen molar-refractivity contribution in [1.82, 2.24) is 24.9 Å². The topological polar surface area (TPSA) is 108 Å². The van der Waals surface area contributed by atoms with Gasteiger partial charge in [-0.05, 0) is 43.3 Å². The van der Waals surface area contributed by atoms with E-state index in [2.05, 4.69) is 15.5 Å². The van der Waals surface area contributed by atoms with Gasteiger partial charge in [-0.1, -0.05) is 0 Å². The monoisotopic (exact) mass is 381 g/mol. The maximum Gasteiger partial charge on any atom is 0.266 e. The quantitative estimate of drug-likeness (QED) is 0.579. The van der Waals surface area contributed by atoms with Gasteiger partial charge in [-0.2, -0.15) is 5.10 Å². The Balaban J connectivity index is 1.48. The lowest BCUT2D eigenvalue weighted by molar-refractivity contribution is -0.123. The van der Waals surface area contributed by atoms with Crippen LogP contribution in [0, 0.1) is 0 Å². The van der Waals surface area contributed by atoms with E-state index in [1.165, 1.54) is 17.7 Å². The molecule has 2 aromatic heterocycles. The van der Waals surface area contributed by atoms with Gasteiger partial charge in [0.15, 0.2) is 18.2 Å². The normalized spacial score (nSPS) is 10.5. The zero-order valence-corrected chi connectivity index (χ0v) is 15.2. The molecule has 3 rings (SSSR count). The van der Waals surface area contributed by atoms with E-state index in [0.717, 1.165) is 0 Å². The van der Waals surface area contributed by atoms with Gasteiger partial charge in [0.05, 0.1) is 6.54 Å². The molecule has 0 spiro atoms. The lowest BCUT2D eigenvalue weighted by atomic mass is 10.1. The minimum absolute atomic E-state index is 0.0372. The highest BCUT2D eigenvalue weighted by molar-refractivity contribution is 5.94. The van der Waals surface area contributed by atoms with E-state index in [1.54, 1.807) is 53.5 Å². The second-order valence-corrected chi connectivity index (χ2v) is 5.92. The number of carbonyl (C=O) groups is 2. The number of aromatic nitrogens is 4. The van der Waals surface area contributed by atoms with Crippen LogP contribution in [0.2, 0.25) is 0 Å². The number of rotatable bonds is 8. The van der Waals surface area contributed by atoms with Crippen LogP contribution in [0.25, 0.3) is 5.82 Å². The van der Waals surface area contributed by atoms with Gasteiger partial charge in [0.25, 0.3) is 11.5 Å². The first-order valence-corrected chi connectivity index (χ1v) is 8.61. The summed E-state index contributed by atoms with van der Waals surface area (Å²) in [5.74, 6) is 0.634. The molecule has 0 aliphatic heterocycles. The van der Waals surface area contributed by atoms with Crippen molar-refractivity contribution in [2.24, 2.45) is 0 Å². The van der Waals surface area contributed by atoms with E-state index in [9.17, 15) is 14.4 Å². The van der Waals surface area contributed by atoms with Gasteiger partial charge >= 0.3 is 0 Å². The summed E-state index contributed by atoms with van der Waals surface area (Å²) in [6, 6.07) is 11.3. The zero-order valence-electron chi connectivity index (χ0n) is 15.2. The number of benzene rings is 1. The Bertz CT molecular complexity index is 1010. The molecule has 9 nitrogen and oxygen atoms in total. The Morgan fingerprint density at radius 3 is 2.61 bits per heavy atom. The minimum Gasteiger partial charge on any atom is -0.484 e. The minimum atomic E-state index is -0.327. The van der Waals surface area contributed by atoms with Gasteiger partial charge in [-0.15, -0.1) is 5.10 Å². The molecule has 28 heavy (non-hydrogen) atoms. The number of ketones is 1. The van der Waals surface area contributed by atoms with E-state index in [0.29, 0.717) is 17.1 Å². The van der Waals surface area contributed by atoms with E-state index in [1.807, 2.05) is 0 Å². The standard InChI is InChI=1S/C19H19N5O4/c1-14(25)15-3-5-16(6-4-15)28-13-18(26)20-10-12-24-19(27)8-7-17(22-24)23-11-2-9-21-23/h2-9,11H,10,12-13H2,1H3,(H,20,26). The van der Waals surface area contributed by atoms with Gasteiger partial charge in [-0.3, -0.25) is 14.4 Å². The summed E-state index contributed by atoms with van der Waals surface area (Å²) < 4.78 is 8.18. The van der Waals surface area contributed by atoms with Crippen molar-refractivity contribution in [1.29, 1.82) is 0 Å². The van der Waals surface area contributed by atoms with Crippen molar-refractivity contribution in [3.05, 3.63) is 70.8 Å². The molecule has 0 saturated carbocycles. The molecule has 0 fully saturated rings. The highest BCUT2D eigenvalue weighted by atomic mass is 16.5. The average molecular weight is 381 g/mol. The molecular formula is C19H19N5O4. The maximum atomic E-state index is 11.9. The molecule has 0 atom stereocenters. The second-order valence-electron chi connectivity index (χ2n) is 5.92. The van der Waals surface area contributed by atoms with Crippen LogP contribution in [0.3, 0.4) is 0 Å². The van der Waals surface area contributed by atoms with Crippen molar-refractivity contribution in [3.8, 4) is 11.6 Å². The third-order valence-electron chi connectivity index (χ3n) is 3.87. The molecule has 0 bridgehead atoms. The molecule has 9 heteroatoms. The molecule has 144 valence electrons. The number of carbonyl (C=O) groups excluding carboxylic acids is 2. The summed E-state index contributed by atoms with van der Waals surface area (Å²) in [4.78, 5) is 35.1. The molecule has 3 aromatic rings. The Morgan fingerprint density at radius 2 is 1.93 bits per heavy atom. The van der Waals surface area contributed by atoms with Crippen molar-refractivity contribution in [2.75, 3.05) is 13.2 Å². The molecule has 0 aliphatic rings. The van der Waals surface area contributed by atoms with Crippen LogP contribution in [-0.2, 0) is 11.3 Å². The summed E-state index contributed by atoms with van der Waals surface area (Å²) >= 11 is 0. The largest absolute Gasteiger partial charge is 0.484 e. The van der Waals surface area contributed by atoms with Gasteiger partial charge in [0.2, 0.25) is 0 Å². The molecule has 1 amide bonds. The van der Waals surface area contributed by atoms with Crippen molar-refractivity contribution >= 4 is 11.7 Å². The zero-order chi connectivity index (χ0) is 19.9. The fourth-order valence-electron chi connectivity index (χ4n) is 2.41. The third kappa shape index (κ3) is 4.91. The Kier molecular flexibility index (Phi) is 5.95. The lowest BCUT2D eigenvalue weighted by Crippen LogP contribution is -2.34. The molecule has 0 saturated heterocycles. The SMILES string of the molecule is CC(=O)c1ccc(OCC(=O)NCCn2nc(-n3cccn3)ccc2=O)cc1. The lowest BCUT2D eigenvalue weighted by Gasteiger charge is -2.09.